The highest BCUT2D eigenvalue weighted by molar-refractivity contribution is 7.88. The molecular weight excluding hydrogens is 278 g/mol. The summed E-state index contributed by atoms with van der Waals surface area (Å²) in [6.07, 6.45) is 3.90. The predicted octanol–water partition coefficient (Wildman–Crippen LogP) is -0.314. The van der Waals surface area contributed by atoms with Crippen molar-refractivity contribution in [2.75, 3.05) is 19.3 Å². The molecule has 0 aromatic carbocycles. The highest BCUT2D eigenvalue weighted by atomic mass is 35.5. The van der Waals surface area contributed by atoms with Gasteiger partial charge in [-0.05, 0) is 26.2 Å². The molecule has 18 heavy (non-hydrogen) atoms. The van der Waals surface area contributed by atoms with Crippen molar-refractivity contribution >= 4 is 28.3 Å². The molecule has 1 heterocycles. The molecule has 1 amide bonds. The third-order valence-electron chi connectivity index (χ3n) is 2.88. The smallest absolute Gasteiger partial charge is 0.239 e. The van der Waals surface area contributed by atoms with Crippen LogP contribution < -0.4 is 10.5 Å². The van der Waals surface area contributed by atoms with Crippen molar-refractivity contribution in [3.8, 4) is 0 Å². The Hall–Kier alpha value is -0.370. The van der Waals surface area contributed by atoms with Crippen molar-refractivity contribution in [2.45, 2.75) is 38.3 Å². The van der Waals surface area contributed by atoms with Crippen LogP contribution in [0.15, 0.2) is 0 Å². The Kier molecular flexibility index (Phi) is 7.13. The Morgan fingerprint density at radius 2 is 2.11 bits per heavy atom. The quantitative estimate of drug-likeness (QED) is 0.744. The van der Waals surface area contributed by atoms with E-state index in [9.17, 15) is 13.2 Å². The Bertz CT molecular complexity index is 373. The lowest BCUT2D eigenvalue weighted by molar-refractivity contribution is -0.135. The number of sulfonamides is 1. The van der Waals surface area contributed by atoms with Crippen LogP contribution in [0, 0.1) is 0 Å². The summed E-state index contributed by atoms with van der Waals surface area (Å²) >= 11 is 0. The largest absolute Gasteiger partial charge is 0.337 e. The van der Waals surface area contributed by atoms with Crippen molar-refractivity contribution in [2.24, 2.45) is 5.73 Å². The molecule has 0 aromatic rings. The lowest BCUT2D eigenvalue weighted by atomic mass is 10.0. The highest BCUT2D eigenvalue weighted by Crippen LogP contribution is 2.17. The summed E-state index contributed by atoms with van der Waals surface area (Å²) in [4.78, 5) is 13.6. The van der Waals surface area contributed by atoms with Crippen LogP contribution in [0.2, 0.25) is 0 Å². The van der Waals surface area contributed by atoms with Crippen LogP contribution in [0.3, 0.4) is 0 Å². The van der Waals surface area contributed by atoms with Gasteiger partial charge < -0.3 is 10.6 Å². The van der Waals surface area contributed by atoms with Gasteiger partial charge in [-0.1, -0.05) is 0 Å². The monoisotopic (exact) mass is 299 g/mol. The van der Waals surface area contributed by atoms with Crippen LogP contribution in [-0.2, 0) is 14.8 Å². The summed E-state index contributed by atoms with van der Waals surface area (Å²) in [6, 6.07) is -0.606. The molecule has 0 spiro atoms. The summed E-state index contributed by atoms with van der Waals surface area (Å²) in [7, 11) is -3.21. The van der Waals surface area contributed by atoms with Gasteiger partial charge in [-0.15, -0.1) is 12.4 Å². The van der Waals surface area contributed by atoms with Gasteiger partial charge in [-0.25, -0.2) is 13.1 Å². The fourth-order valence-electron chi connectivity index (χ4n) is 2.01. The van der Waals surface area contributed by atoms with Gasteiger partial charge in [-0.3, -0.25) is 4.79 Å². The van der Waals surface area contributed by atoms with Crippen molar-refractivity contribution in [1.82, 2.24) is 9.62 Å². The molecule has 8 heteroatoms. The minimum atomic E-state index is -3.21. The molecule has 0 saturated carbocycles. The number of nitrogens with one attached hydrogen (secondary N) is 1. The molecule has 0 aliphatic carbocycles. The second kappa shape index (κ2) is 7.28. The number of halogens is 1. The molecular formula is C10H22ClN3O3S. The first-order valence-corrected chi connectivity index (χ1v) is 7.71. The number of carbonyl (C=O) groups is 1. The van der Waals surface area contributed by atoms with E-state index < -0.39 is 16.1 Å². The molecule has 1 unspecified atom stereocenters. The van der Waals surface area contributed by atoms with Gasteiger partial charge in [0.1, 0.15) is 0 Å². The Balaban J connectivity index is 0.00000289. The van der Waals surface area contributed by atoms with Gasteiger partial charge in [-0.2, -0.15) is 0 Å². The van der Waals surface area contributed by atoms with Crippen LogP contribution >= 0.6 is 12.4 Å². The van der Waals surface area contributed by atoms with Crippen molar-refractivity contribution in [3.05, 3.63) is 0 Å². The van der Waals surface area contributed by atoms with E-state index in [2.05, 4.69) is 4.72 Å². The number of carbonyl (C=O) groups excluding carboxylic acids is 1. The van der Waals surface area contributed by atoms with Crippen molar-refractivity contribution < 1.29 is 13.2 Å². The lowest BCUT2D eigenvalue weighted by Gasteiger charge is -2.36. The zero-order chi connectivity index (χ0) is 13.1. The normalized spacial score (nSPS) is 22.2. The Morgan fingerprint density at radius 3 is 2.61 bits per heavy atom. The fraction of sp³-hybridized carbons (Fsp3) is 0.900. The topological polar surface area (TPSA) is 92.5 Å². The summed E-state index contributed by atoms with van der Waals surface area (Å²) in [5.41, 5.74) is 5.58. The summed E-state index contributed by atoms with van der Waals surface area (Å²) in [5.74, 6) is -0.106. The van der Waals surface area contributed by atoms with Crippen LogP contribution in [-0.4, -0.2) is 50.7 Å². The van der Waals surface area contributed by atoms with Crippen molar-refractivity contribution in [1.29, 1.82) is 0 Å². The highest BCUT2D eigenvalue weighted by Gasteiger charge is 2.28. The molecule has 3 N–H and O–H groups in total. The third kappa shape index (κ3) is 5.51. The molecule has 1 aliphatic rings. The maximum Gasteiger partial charge on any atom is 0.239 e. The maximum absolute atomic E-state index is 11.9. The number of nitrogens with zero attached hydrogens (tertiary/aromatic N) is 1. The van der Waals surface area contributed by atoms with Gasteiger partial charge in [0.05, 0.1) is 12.3 Å². The molecule has 2 atom stereocenters. The van der Waals surface area contributed by atoms with E-state index in [1.165, 1.54) is 0 Å². The second-order valence-electron chi connectivity index (χ2n) is 4.59. The minimum Gasteiger partial charge on any atom is -0.337 e. The first kappa shape index (κ1) is 17.6. The molecule has 6 nitrogen and oxygen atoms in total. The van der Waals surface area contributed by atoms with E-state index >= 15 is 0 Å². The van der Waals surface area contributed by atoms with E-state index in [4.69, 9.17) is 5.73 Å². The lowest BCUT2D eigenvalue weighted by Crippen LogP contribution is -2.53. The van der Waals surface area contributed by atoms with Crippen molar-refractivity contribution in [3.63, 3.8) is 0 Å². The summed E-state index contributed by atoms with van der Waals surface area (Å²) in [5, 5.41) is 0. The standard InChI is InChI=1S/C10H21N3O3S.ClH/c1-8(11)10(14)13-6-4-3-5-9(13)7-12-17(2,15)16;/h8-9,12H,3-7,11H2,1-2H3;1H/t8-,9?;/m1./s1. The zero-order valence-corrected chi connectivity index (χ0v) is 12.4. The van der Waals surface area contributed by atoms with E-state index in [0.29, 0.717) is 6.54 Å². The number of piperidine rings is 1. The number of hydrogen-bond acceptors (Lipinski definition) is 4. The number of amides is 1. The number of hydrogen-bond donors (Lipinski definition) is 2. The maximum atomic E-state index is 11.9. The Morgan fingerprint density at radius 1 is 1.50 bits per heavy atom. The summed E-state index contributed by atoms with van der Waals surface area (Å²) < 4.78 is 24.5. The second-order valence-corrected chi connectivity index (χ2v) is 6.42. The van der Waals surface area contributed by atoms with E-state index in [0.717, 1.165) is 25.5 Å². The molecule has 1 aliphatic heterocycles. The summed E-state index contributed by atoms with van der Waals surface area (Å²) in [6.45, 7) is 2.59. The average Bonchev–Trinajstić information content (AvgIpc) is 2.24. The van der Waals surface area contributed by atoms with Gasteiger partial charge in [0, 0.05) is 19.1 Å². The van der Waals surface area contributed by atoms with Crippen LogP contribution in [0.25, 0.3) is 0 Å². The first-order chi connectivity index (χ1) is 7.81. The minimum absolute atomic E-state index is 0. The van der Waals surface area contributed by atoms with Gasteiger partial charge in [0.25, 0.3) is 0 Å². The molecule has 1 fully saturated rings. The Labute approximate surface area is 115 Å². The number of rotatable bonds is 4. The van der Waals surface area contributed by atoms with E-state index in [1.807, 2.05) is 0 Å². The molecule has 108 valence electrons. The average molecular weight is 300 g/mol. The molecule has 0 radical (unpaired) electrons. The van der Waals surface area contributed by atoms with E-state index in [1.54, 1.807) is 11.8 Å². The van der Waals surface area contributed by atoms with Crippen LogP contribution in [0.4, 0.5) is 0 Å². The van der Waals surface area contributed by atoms with Gasteiger partial charge in [0.2, 0.25) is 15.9 Å². The van der Waals surface area contributed by atoms with Gasteiger partial charge in [0.15, 0.2) is 0 Å². The number of nitrogens with two attached hydrogens (primary N) is 1. The predicted molar refractivity (Wildman–Crippen MR) is 73.1 cm³/mol. The van der Waals surface area contributed by atoms with Crippen LogP contribution in [0.5, 0.6) is 0 Å². The molecule has 1 saturated heterocycles. The fourth-order valence-corrected chi connectivity index (χ4v) is 2.51. The molecule has 0 bridgehead atoms. The van der Waals surface area contributed by atoms with E-state index in [-0.39, 0.29) is 30.9 Å². The molecule has 0 aromatic heterocycles. The molecule has 1 rings (SSSR count). The van der Waals surface area contributed by atoms with Gasteiger partial charge >= 0.3 is 0 Å². The van der Waals surface area contributed by atoms with Crippen LogP contribution in [0.1, 0.15) is 26.2 Å². The SMILES string of the molecule is C[C@@H](N)C(=O)N1CCCCC1CNS(C)(=O)=O.Cl. The zero-order valence-electron chi connectivity index (χ0n) is 10.8. The first-order valence-electron chi connectivity index (χ1n) is 5.82. The third-order valence-corrected chi connectivity index (χ3v) is 3.57. The number of likely N-dealkylation sites (tertiary alicyclic amines) is 1.